The Balaban J connectivity index is 1.63. The summed E-state index contributed by atoms with van der Waals surface area (Å²) in [6, 6.07) is 15.4. The summed E-state index contributed by atoms with van der Waals surface area (Å²) in [5.41, 5.74) is 2.63. The van der Waals surface area contributed by atoms with E-state index in [2.05, 4.69) is 17.5 Å². The van der Waals surface area contributed by atoms with Gasteiger partial charge in [0.1, 0.15) is 11.9 Å². The number of para-hydroxylation sites is 1. The summed E-state index contributed by atoms with van der Waals surface area (Å²) < 4.78 is 5.86. The lowest BCUT2D eigenvalue weighted by Crippen LogP contribution is -2.24. The predicted molar refractivity (Wildman–Crippen MR) is 79.2 cm³/mol. The third-order valence-electron chi connectivity index (χ3n) is 3.33. The minimum absolute atomic E-state index is 0.110. The molecule has 3 rings (SSSR count). The van der Waals surface area contributed by atoms with Crippen molar-refractivity contribution in [2.45, 2.75) is 12.5 Å². The minimum atomic E-state index is 0.110. The molecule has 100 valence electrons. The number of hydrogen-bond donors (Lipinski definition) is 1. The van der Waals surface area contributed by atoms with Crippen LogP contribution in [0.25, 0.3) is 0 Å². The Labute approximate surface area is 122 Å². The number of hydrogen-bond acceptors (Lipinski definition) is 3. The molecule has 1 unspecified atom stereocenters. The Kier molecular flexibility index (Phi) is 3.49. The van der Waals surface area contributed by atoms with E-state index in [1.165, 1.54) is 5.56 Å². The van der Waals surface area contributed by atoms with Crippen molar-refractivity contribution >= 4 is 17.3 Å². The SMILES string of the molecule is N#Cc1ccc(NCC2Cc3ccccc3O2)c(Cl)c1. The smallest absolute Gasteiger partial charge is 0.123 e. The molecule has 2 aromatic rings. The number of ether oxygens (including phenoxy) is 1. The summed E-state index contributed by atoms with van der Waals surface area (Å²) in [5.74, 6) is 0.963. The molecular weight excluding hydrogens is 272 g/mol. The Morgan fingerprint density at radius 3 is 2.90 bits per heavy atom. The molecule has 0 aromatic heterocycles. The average Bonchev–Trinajstić information content (AvgIpc) is 2.88. The fourth-order valence-corrected chi connectivity index (χ4v) is 2.57. The maximum atomic E-state index is 8.81. The summed E-state index contributed by atoms with van der Waals surface area (Å²) >= 11 is 6.13. The van der Waals surface area contributed by atoms with Crippen LogP contribution >= 0.6 is 11.6 Å². The van der Waals surface area contributed by atoms with Gasteiger partial charge in [-0.25, -0.2) is 0 Å². The number of rotatable bonds is 3. The first kappa shape index (κ1) is 12.8. The number of fused-ring (bicyclic) bond motifs is 1. The van der Waals surface area contributed by atoms with E-state index in [9.17, 15) is 0 Å². The zero-order valence-electron chi connectivity index (χ0n) is 10.8. The number of anilines is 1. The second-order valence-electron chi connectivity index (χ2n) is 4.74. The lowest BCUT2D eigenvalue weighted by atomic mass is 10.1. The van der Waals surface area contributed by atoms with Crippen LogP contribution in [0.5, 0.6) is 5.75 Å². The highest BCUT2D eigenvalue weighted by molar-refractivity contribution is 6.33. The molecular formula is C16H13ClN2O. The van der Waals surface area contributed by atoms with Crippen molar-refractivity contribution in [2.24, 2.45) is 0 Å². The first-order valence-corrected chi connectivity index (χ1v) is 6.82. The molecule has 0 fully saturated rings. The van der Waals surface area contributed by atoms with E-state index in [4.69, 9.17) is 21.6 Å². The van der Waals surface area contributed by atoms with E-state index in [-0.39, 0.29) is 6.10 Å². The first-order chi connectivity index (χ1) is 9.76. The Morgan fingerprint density at radius 2 is 2.15 bits per heavy atom. The molecule has 1 heterocycles. The zero-order chi connectivity index (χ0) is 13.9. The molecule has 1 N–H and O–H groups in total. The molecule has 0 spiro atoms. The fourth-order valence-electron chi connectivity index (χ4n) is 2.32. The predicted octanol–water partition coefficient (Wildman–Crippen LogP) is 3.63. The van der Waals surface area contributed by atoms with Gasteiger partial charge in [-0.2, -0.15) is 5.26 Å². The molecule has 0 saturated carbocycles. The summed E-state index contributed by atoms with van der Waals surface area (Å²) in [4.78, 5) is 0. The van der Waals surface area contributed by atoms with Crippen molar-refractivity contribution in [3.8, 4) is 11.8 Å². The fraction of sp³-hybridized carbons (Fsp3) is 0.188. The van der Waals surface area contributed by atoms with Crippen LogP contribution in [0.15, 0.2) is 42.5 Å². The highest BCUT2D eigenvalue weighted by Crippen LogP contribution is 2.29. The molecule has 0 bridgehead atoms. The van der Waals surface area contributed by atoms with Crippen molar-refractivity contribution < 1.29 is 4.74 Å². The van der Waals surface area contributed by atoms with E-state index in [1.807, 2.05) is 24.3 Å². The minimum Gasteiger partial charge on any atom is -0.488 e. The van der Waals surface area contributed by atoms with Crippen LogP contribution in [0.2, 0.25) is 5.02 Å². The van der Waals surface area contributed by atoms with Gasteiger partial charge in [0, 0.05) is 6.42 Å². The van der Waals surface area contributed by atoms with E-state index >= 15 is 0 Å². The Hall–Kier alpha value is -2.18. The summed E-state index contributed by atoms with van der Waals surface area (Å²) in [5, 5.41) is 12.6. The standard InChI is InChI=1S/C16H13ClN2O/c17-14-7-11(9-18)5-6-15(14)19-10-13-8-12-3-1-2-4-16(12)20-13/h1-7,13,19H,8,10H2. The van der Waals surface area contributed by atoms with Crippen molar-refractivity contribution in [1.82, 2.24) is 0 Å². The highest BCUT2D eigenvalue weighted by atomic mass is 35.5. The van der Waals surface area contributed by atoms with Gasteiger partial charge in [0.15, 0.2) is 0 Å². The highest BCUT2D eigenvalue weighted by Gasteiger charge is 2.22. The number of nitriles is 1. The van der Waals surface area contributed by atoms with Gasteiger partial charge in [0.2, 0.25) is 0 Å². The van der Waals surface area contributed by atoms with Crippen molar-refractivity contribution in [1.29, 1.82) is 5.26 Å². The molecule has 0 radical (unpaired) electrons. The average molecular weight is 285 g/mol. The molecule has 1 atom stereocenters. The topological polar surface area (TPSA) is 45.0 Å². The molecule has 3 nitrogen and oxygen atoms in total. The monoisotopic (exact) mass is 284 g/mol. The van der Waals surface area contributed by atoms with Gasteiger partial charge in [-0.15, -0.1) is 0 Å². The number of nitrogens with zero attached hydrogens (tertiary/aromatic N) is 1. The second kappa shape index (κ2) is 5.44. The van der Waals surface area contributed by atoms with Gasteiger partial charge in [-0.1, -0.05) is 29.8 Å². The zero-order valence-corrected chi connectivity index (χ0v) is 11.5. The van der Waals surface area contributed by atoms with Crippen LogP contribution in [0.4, 0.5) is 5.69 Å². The third-order valence-corrected chi connectivity index (χ3v) is 3.64. The quantitative estimate of drug-likeness (QED) is 0.936. The van der Waals surface area contributed by atoms with Crippen molar-refractivity contribution in [3.63, 3.8) is 0 Å². The molecule has 20 heavy (non-hydrogen) atoms. The summed E-state index contributed by atoms with van der Waals surface area (Å²) in [6.07, 6.45) is 1.01. The molecule has 0 amide bonds. The normalized spacial score (nSPS) is 16.1. The maximum absolute atomic E-state index is 8.81. The summed E-state index contributed by atoms with van der Waals surface area (Å²) in [7, 11) is 0. The number of halogens is 1. The van der Waals surface area contributed by atoms with Crippen LogP contribution in [0, 0.1) is 11.3 Å². The van der Waals surface area contributed by atoms with Crippen LogP contribution < -0.4 is 10.1 Å². The van der Waals surface area contributed by atoms with Gasteiger partial charge in [-0.3, -0.25) is 0 Å². The van der Waals surface area contributed by atoms with Gasteiger partial charge in [0.05, 0.1) is 28.9 Å². The van der Waals surface area contributed by atoms with Crippen LogP contribution in [-0.4, -0.2) is 12.6 Å². The molecule has 0 saturated heterocycles. The van der Waals surface area contributed by atoms with Gasteiger partial charge in [0.25, 0.3) is 0 Å². The van der Waals surface area contributed by atoms with Gasteiger partial charge < -0.3 is 10.1 Å². The van der Waals surface area contributed by atoms with Gasteiger partial charge in [-0.05, 0) is 29.8 Å². The number of nitrogens with one attached hydrogen (secondary N) is 1. The van der Waals surface area contributed by atoms with Crippen molar-refractivity contribution in [2.75, 3.05) is 11.9 Å². The van der Waals surface area contributed by atoms with Crippen LogP contribution in [0.1, 0.15) is 11.1 Å². The van der Waals surface area contributed by atoms with E-state index in [0.29, 0.717) is 17.1 Å². The number of benzene rings is 2. The van der Waals surface area contributed by atoms with E-state index < -0.39 is 0 Å². The Bertz CT molecular complexity index is 653. The third kappa shape index (κ3) is 2.56. The van der Waals surface area contributed by atoms with E-state index in [1.54, 1.807) is 12.1 Å². The maximum Gasteiger partial charge on any atom is 0.123 e. The molecule has 4 heteroatoms. The molecule has 1 aliphatic heterocycles. The first-order valence-electron chi connectivity index (χ1n) is 6.44. The second-order valence-corrected chi connectivity index (χ2v) is 5.15. The summed E-state index contributed by atoms with van der Waals surface area (Å²) in [6.45, 7) is 0.681. The lowest BCUT2D eigenvalue weighted by Gasteiger charge is -2.14. The largest absolute Gasteiger partial charge is 0.488 e. The molecule has 1 aliphatic rings. The lowest BCUT2D eigenvalue weighted by molar-refractivity contribution is 0.246. The van der Waals surface area contributed by atoms with Crippen molar-refractivity contribution in [3.05, 3.63) is 58.6 Å². The van der Waals surface area contributed by atoms with E-state index in [0.717, 1.165) is 17.9 Å². The Morgan fingerprint density at radius 1 is 1.30 bits per heavy atom. The van der Waals surface area contributed by atoms with Crippen LogP contribution in [-0.2, 0) is 6.42 Å². The molecule has 2 aromatic carbocycles. The van der Waals surface area contributed by atoms with Gasteiger partial charge >= 0.3 is 0 Å². The van der Waals surface area contributed by atoms with Crippen LogP contribution in [0.3, 0.4) is 0 Å². The molecule has 0 aliphatic carbocycles.